The molecule has 1 fully saturated rings. The molecule has 0 spiro atoms. The zero-order valence-corrected chi connectivity index (χ0v) is 15.3. The third-order valence-corrected chi connectivity index (χ3v) is 5.38. The van der Waals surface area contributed by atoms with E-state index >= 15 is 0 Å². The van der Waals surface area contributed by atoms with Crippen LogP contribution >= 0.6 is 11.3 Å². The smallest absolute Gasteiger partial charge is 0.186 e. The first-order valence-corrected chi connectivity index (χ1v) is 9.12. The van der Waals surface area contributed by atoms with Crippen LogP contribution in [0, 0.1) is 5.92 Å². The van der Waals surface area contributed by atoms with Crippen molar-refractivity contribution in [2.45, 2.75) is 78.9 Å². The molecule has 0 radical (unpaired) electrons. The molecule has 3 nitrogen and oxygen atoms in total. The summed E-state index contributed by atoms with van der Waals surface area (Å²) in [5.41, 5.74) is 1.43. The second kappa shape index (κ2) is 6.66. The molecular formula is C17H31N3S. The lowest BCUT2D eigenvalue weighted by Crippen LogP contribution is -2.41. The minimum absolute atomic E-state index is 0.155. The molecule has 1 saturated heterocycles. The van der Waals surface area contributed by atoms with Crippen molar-refractivity contribution in [2.75, 3.05) is 11.4 Å². The predicted octanol–water partition coefficient (Wildman–Crippen LogP) is 4.22. The van der Waals surface area contributed by atoms with Crippen molar-refractivity contribution in [3.05, 3.63) is 10.6 Å². The van der Waals surface area contributed by atoms with E-state index in [4.69, 9.17) is 4.98 Å². The minimum atomic E-state index is 0.155. The topological polar surface area (TPSA) is 28.2 Å². The van der Waals surface area contributed by atoms with Crippen LogP contribution in [-0.4, -0.2) is 23.1 Å². The number of aromatic nitrogens is 1. The molecule has 0 bridgehead atoms. The summed E-state index contributed by atoms with van der Waals surface area (Å²) in [6, 6.07) is 0.625. The molecule has 2 unspecified atom stereocenters. The van der Waals surface area contributed by atoms with Gasteiger partial charge in [0, 0.05) is 29.5 Å². The molecule has 0 aromatic carbocycles. The molecular weight excluding hydrogens is 278 g/mol. The number of nitrogens with zero attached hydrogens (tertiary/aromatic N) is 2. The van der Waals surface area contributed by atoms with E-state index in [1.165, 1.54) is 28.5 Å². The van der Waals surface area contributed by atoms with Gasteiger partial charge in [-0.15, -0.1) is 11.3 Å². The van der Waals surface area contributed by atoms with E-state index < -0.39 is 0 Å². The first-order chi connectivity index (χ1) is 9.80. The fourth-order valence-electron chi connectivity index (χ4n) is 2.81. The van der Waals surface area contributed by atoms with E-state index in [0.29, 0.717) is 6.04 Å². The van der Waals surface area contributed by atoms with Crippen molar-refractivity contribution >= 4 is 16.5 Å². The third-order valence-electron chi connectivity index (χ3n) is 4.24. The first-order valence-electron chi connectivity index (χ1n) is 8.30. The Kier molecular flexibility index (Phi) is 5.31. The monoisotopic (exact) mass is 309 g/mol. The second-order valence-electron chi connectivity index (χ2n) is 7.51. The van der Waals surface area contributed by atoms with E-state index in [0.717, 1.165) is 25.4 Å². The quantitative estimate of drug-likeness (QED) is 0.902. The second-order valence-corrected chi connectivity index (χ2v) is 8.57. The molecule has 120 valence electrons. The van der Waals surface area contributed by atoms with Gasteiger partial charge in [0.25, 0.3) is 0 Å². The zero-order valence-electron chi connectivity index (χ0n) is 14.5. The zero-order chi connectivity index (χ0) is 15.6. The molecule has 1 N–H and O–H groups in total. The van der Waals surface area contributed by atoms with Gasteiger partial charge in [0.1, 0.15) is 0 Å². The van der Waals surface area contributed by atoms with Gasteiger partial charge >= 0.3 is 0 Å². The fourth-order valence-corrected chi connectivity index (χ4v) is 4.01. The number of hydrogen-bond donors (Lipinski definition) is 1. The van der Waals surface area contributed by atoms with Crippen LogP contribution in [-0.2, 0) is 13.0 Å². The number of anilines is 1. The lowest BCUT2D eigenvalue weighted by molar-refractivity contribution is 0.390. The van der Waals surface area contributed by atoms with Gasteiger partial charge in [0.05, 0.1) is 5.69 Å². The molecule has 1 aromatic rings. The van der Waals surface area contributed by atoms with Gasteiger partial charge in [0.2, 0.25) is 0 Å². The largest absolute Gasteiger partial charge is 0.345 e. The van der Waals surface area contributed by atoms with Crippen molar-refractivity contribution < 1.29 is 0 Å². The summed E-state index contributed by atoms with van der Waals surface area (Å²) in [4.78, 5) is 8.88. The molecule has 2 heterocycles. The predicted molar refractivity (Wildman–Crippen MR) is 93.3 cm³/mol. The lowest BCUT2D eigenvalue weighted by atomic mass is 9.96. The van der Waals surface area contributed by atoms with Gasteiger partial charge in [-0.2, -0.15) is 0 Å². The lowest BCUT2D eigenvalue weighted by Gasteiger charge is -2.36. The average molecular weight is 310 g/mol. The highest BCUT2D eigenvalue weighted by Crippen LogP contribution is 2.33. The van der Waals surface area contributed by atoms with Gasteiger partial charge in [-0.25, -0.2) is 4.98 Å². The molecule has 21 heavy (non-hydrogen) atoms. The number of aryl methyl sites for hydroxylation is 1. The standard InChI is InChI=1S/C17H31N3S/c1-7-14-15(10-18-17(4,5)6)21-16(19-14)20-11-12(2)8-9-13(20)3/h12-13,18H,7-11H2,1-6H3. The summed E-state index contributed by atoms with van der Waals surface area (Å²) < 4.78 is 0. The third kappa shape index (κ3) is 4.43. The summed E-state index contributed by atoms with van der Waals surface area (Å²) in [5.74, 6) is 0.784. The molecule has 2 rings (SSSR count). The van der Waals surface area contributed by atoms with Crippen LogP contribution in [0.15, 0.2) is 0 Å². The molecule has 1 aliphatic heterocycles. The summed E-state index contributed by atoms with van der Waals surface area (Å²) in [7, 11) is 0. The number of thiazole rings is 1. The first kappa shape index (κ1) is 16.8. The number of rotatable bonds is 4. The summed E-state index contributed by atoms with van der Waals surface area (Å²) in [5, 5.41) is 4.83. The Morgan fingerprint density at radius 1 is 1.29 bits per heavy atom. The van der Waals surface area contributed by atoms with Crippen LogP contribution in [0.2, 0.25) is 0 Å². The van der Waals surface area contributed by atoms with Crippen molar-refractivity contribution in [2.24, 2.45) is 5.92 Å². The number of piperidine rings is 1. The van der Waals surface area contributed by atoms with Gasteiger partial charge in [-0.3, -0.25) is 0 Å². The van der Waals surface area contributed by atoms with Crippen molar-refractivity contribution in [1.29, 1.82) is 0 Å². The van der Waals surface area contributed by atoms with Crippen molar-refractivity contribution in [3.8, 4) is 0 Å². The van der Waals surface area contributed by atoms with Gasteiger partial charge in [-0.05, 0) is 52.9 Å². The molecule has 0 saturated carbocycles. The van der Waals surface area contributed by atoms with Crippen LogP contribution in [0.1, 0.15) is 65.0 Å². The van der Waals surface area contributed by atoms with E-state index in [9.17, 15) is 0 Å². The van der Waals surface area contributed by atoms with Gasteiger partial charge in [0.15, 0.2) is 5.13 Å². The molecule has 2 atom stereocenters. The highest BCUT2D eigenvalue weighted by atomic mass is 32.1. The van der Waals surface area contributed by atoms with Crippen LogP contribution in [0.5, 0.6) is 0 Å². The molecule has 4 heteroatoms. The maximum absolute atomic E-state index is 4.94. The van der Waals surface area contributed by atoms with Crippen molar-refractivity contribution in [3.63, 3.8) is 0 Å². The van der Waals surface area contributed by atoms with E-state index in [-0.39, 0.29) is 5.54 Å². The fraction of sp³-hybridized carbons (Fsp3) is 0.824. The Bertz CT molecular complexity index is 461. The Morgan fingerprint density at radius 2 is 2.00 bits per heavy atom. The van der Waals surface area contributed by atoms with Crippen molar-refractivity contribution in [1.82, 2.24) is 10.3 Å². The van der Waals surface area contributed by atoms with Gasteiger partial charge in [-0.1, -0.05) is 13.8 Å². The number of hydrogen-bond acceptors (Lipinski definition) is 4. The van der Waals surface area contributed by atoms with E-state index in [2.05, 4.69) is 51.8 Å². The number of nitrogens with one attached hydrogen (secondary N) is 1. The summed E-state index contributed by atoms with van der Waals surface area (Å²) in [6.07, 6.45) is 3.66. The van der Waals surface area contributed by atoms with Crippen LogP contribution in [0.3, 0.4) is 0 Å². The average Bonchev–Trinajstić information content (AvgIpc) is 2.81. The van der Waals surface area contributed by atoms with Crippen LogP contribution in [0.25, 0.3) is 0 Å². The molecule has 0 aliphatic carbocycles. The Morgan fingerprint density at radius 3 is 2.62 bits per heavy atom. The highest BCUT2D eigenvalue weighted by molar-refractivity contribution is 7.15. The Hall–Kier alpha value is -0.610. The maximum atomic E-state index is 4.94. The van der Waals surface area contributed by atoms with Crippen LogP contribution < -0.4 is 10.2 Å². The highest BCUT2D eigenvalue weighted by Gasteiger charge is 2.26. The van der Waals surface area contributed by atoms with Crippen LogP contribution in [0.4, 0.5) is 5.13 Å². The maximum Gasteiger partial charge on any atom is 0.186 e. The molecule has 1 aromatic heterocycles. The van der Waals surface area contributed by atoms with E-state index in [1.54, 1.807) is 0 Å². The summed E-state index contributed by atoms with van der Waals surface area (Å²) in [6.45, 7) is 15.6. The molecule has 0 amide bonds. The normalized spacial score (nSPS) is 23.6. The molecule has 1 aliphatic rings. The summed E-state index contributed by atoms with van der Waals surface area (Å²) >= 11 is 1.89. The Balaban J connectivity index is 2.15. The van der Waals surface area contributed by atoms with E-state index in [1.807, 2.05) is 11.3 Å². The minimum Gasteiger partial charge on any atom is -0.345 e. The SMILES string of the molecule is CCc1nc(N2CC(C)CCC2C)sc1CNC(C)(C)C. The Labute approximate surface area is 134 Å². The van der Waals surface area contributed by atoms with Gasteiger partial charge < -0.3 is 10.2 Å².